The number of phenols is 1. The smallest absolute Gasteiger partial charge is 0.121 e. The molecule has 0 aliphatic heterocycles. The van der Waals surface area contributed by atoms with Crippen molar-refractivity contribution in [2.75, 3.05) is 5.88 Å². The average Bonchev–Trinajstić information content (AvgIpc) is 2.26. The summed E-state index contributed by atoms with van der Waals surface area (Å²) in [6.07, 6.45) is -2.26. The van der Waals surface area contributed by atoms with Gasteiger partial charge in [-0.1, -0.05) is 26.8 Å². The van der Waals surface area contributed by atoms with Gasteiger partial charge in [0.15, 0.2) is 0 Å². The zero-order chi connectivity index (χ0) is 13.2. The number of halogens is 1. The maximum atomic E-state index is 9.87. The zero-order valence-corrected chi connectivity index (χ0v) is 11.1. The van der Waals surface area contributed by atoms with Crippen LogP contribution in [0.15, 0.2) is 18.2 Å². The van der Waals surface area contributed by atoms with Gasteiger partial charge in [-0.05, 0) is 23.1 Å². The van der Waals surface area contributed by atoms with Crippen LogP contribution < -0.4 is 0 Å². The van der Waals surface area contributed by atoms with E-state index >= 15 is 0 Å². The number of hydrogen-bond donors (Lipinski definition) is 3. The molecule has 0 aromatic heterocycles. The van der Waals surface area contributed by atoms with Gasteiger partial charge in [0.05, 0.1) is 12.0 Å². The maximum Gasteiger partial charge on any atom is 0.121 e. The highest BCUT2D eigenvalue weighted by Crippen LogP contribution is 2.32. The fourth-order valence-corrected chi connectivity index (χ4v) is 1.72. The van der Waals surface area contributed by atoms with E-state index in [2.05, 4.69) is 0 Å². The van der Waals surface area contributed by atoms with E-state index in [0.29, 0.717) is 5.56 Å². The van der Waals surface area contributed by atoms with Crippen molar-refractivity contribution in [2.45, 2.75) is 38.4 Å². The summed E-state index contributed by atoms with van der Waals surface area (Å²) in [7, 11) is 0. The quantitative estimate of drug-likeness (QED) is 0.730. The van der Waals surface area contributed by atoms with Gasteiger partial charge in [0.1, 0.15) is 11.9 Å². The number of aliphatic hydroxyl groups is 2. The maximum absolute atomic E-state index is 9.87. The second kappa shape index (κ2) is 5.25. The van der Waals surface area contributed by atoms with Crippen molar-refractivity contribution in [1.82, 2.24) is 0 Å². The average molecular weight is 259 g/mol. The Balaban J connectivity index is 3.15. The number of rotatable bonds is 3. The van der Waals surface area contributed by atoms with Gasteiger partial charge in [-0.2, -0.15) is 0 Å². The molecule has 3 nitrogen and oxygen atoms in total. The molecule has 0 aliphatic rings. The van der Waals surface area contributed by atoms with Crippen LogP contribution in [0.1, 0.15) is 38.0 Å². The molecule has 0 bridgehead atoms. The normalized spacial score (nSPS) is 15.6. The summed E-state index contributed by atoms with van der Waals surface area (Å²) < 4.78 is 0. The summed E-state index contributed by atoms with van der Waals surface area (Å²) in [6, 6.07) is 5.04. The molecule has 1 aromatic rings. The molecule has 1 rings (SSSR count). The largest absolute Gasteiger partial charge is 0.508 e. The van der Waals surface area contributed by atoms with Gasteiger partial charge in [0.2, 0.25) is 0 Å². The molecule has 0 radical (unpaired) electrons. The summed E-state index contributed by atoms with van der Waals surface area (Å²) >= 11 is 5.49. The van der Waals surface area contributed by atoms with E-state index in [0.717, 1.165) is 5.56 Å². The van der Waals surface area contributed by atoms with Crippen molar-refractivity contribution in [3.63, 3.8) is 0 Å². The topological polar surface area (TPSA) is 60.7 Å². The Bertz CT molecular complexity index is 385. The van der Waals surface area contributed by atoms with Crippen LogP contribution in [0.3, 0.4) is 0 Å². The van der Waals surface area contributed by atoms with Crippen molar-refractivity contribution in [2.24, 2.45) is 0 Å². The first-order chi connectivity index (χ1) is 7.77. The molecule has 0 fully saturated rings. The van der Waals surface area contributed by atoms with Gasteiger partial charge in [-0.15, -0.1) is 11.6 Å². The fourth-order valence-electron chi connectivity index (χ4n) is 1.55. The summed E-state index contributed by atoms with van der Waals surface area (Å²) in [6.45, 7) is 6.11. The molecule has 1 aromatic carbocycles. The van der Waals surface area contributed by atoms with E-state index < -0.39 is 12.2 Å². The first-order valence-electron chi connectivity index (χ1n) is 5.53. The summed E-state index contributed by atoms with van der Waals surface area (Å²) in [4.78, 5) is 0. The zero-order valence-electron chi connectivity index (χ0n) is 10.3. The monoisotopic (exact) mass is 258 g/mol. The molecule has 0 saturated carbocycles. The molecule has 17 heavy (non-hydrogen) atoms. The highest BCUT2D eigenvalue weighted by atomic mass is 35.5. The van der Waals surface area contributed by atoms with Crippen LogP contribution in [0, 0.1) is 0 Å². The molecule has 4 heteroatoms. The van der Waals surface area contributed by atoms with Crippen LogP contribution in [0.2, 0.25) is 0 Å². The third kappa shape index (κ3) is 3.35. The standard InChI is InChI=1S/C13H19ClO3/c1-13(2,3)8-4-5-10(15)9(6-8)12(17)11(16)7-14/h4-6,11-12,15-17H,7H2,1-3H3. The molecule has 0 spiro atoms. The predicted octanol–water partition coefficient (Wildman–Crippen LogP) is 2.32. The van der Waals surface area contributed by atoms with Crippen LogP contribution in [0.5, 0.6) is 5.75 Å². The Hall–Kier alpha value is -0.770. The molecule has 0 amide bonds. The molecule has 0 aliphatic carbocycles. The summed E-state index contributed by atoms with van der Waals surface area (Å²) in [5.74, 6) is -0.116. The van der Waals surface area contributed by atoms with Crippen LogP contribution in [0.25, 0.3) is 0 Å². The van der Waals surface area contributed by atoms with E-state index in [4.69, 9.17) is 11.6 Å². The first-order valence-corrected chi connectivity index (χ1v) is 6.06. The minimum absolute atomic E-state index is 0.0327. The highest BCUT2D eigenvalue weighted by molar-refractivity contribution is 6.18. The molecule has 2 unspecified atom stereocenters. The lowest BCUT2D eigenvalue weighted by Crippen LogP contribution is -2.21. The molecule has 3 N–H and O–H groups in total. The van der Waals surface area contributed by atoms with Crippen molar-refractivity contribution in [3.05, 3.63) is 29.3 Å². The first kappa shape index (κ1) is 14.3. The second-order valence-electron chi connectivity index (χ2n) is 5.19. The van der Waals surface area contributed by atoms with Crippen molar-refractivity contribution >= 4 is 11.6 Å². The number of phenolic OH excluding ortho intramolecular Hbond substituents is 1. The van der Waals surface area contributed by atoms with E-state index in [1.807, 2.05) is 20.8 Å². The molecular weight excluding hydrogens is 240 g/mol. The minimum atomic E-state index is -1.17. The van der Waals surface area contributed by atoms with Crippen LogP contribution >= 0.6 is 11.6 Å². The Labute approximate surface area is 107 Å². The molecule has 0 saturated heterocycles. The Morgan fingerprint density at radius 1 is 1.24 bits per heavy atom. The van der Waals surface area contributed by atoms with Gasteiger partial charge in [-0.3, -0.25) is 0 Å². The Morgan fingerprint density at radius 2 is 1.82 bits per heavy atom. The Morgan fingerprint density at radius 3 is 2.29 bits per heavy atom. The lowest BCUT2D eigenvalue weighted by Gasteiger charge is -2.23. The lowest BCUT2D eigenvalue weighted by molar-refractivity contribution is 0.0311. The van der Waals surface area contributed by atoms with E-state index in [1.165, 1.54) is 6.07 Å². The van der Waals surface area contributed by atoms with Gasteiger partial charge >= 0.3 is 0 Å². The van der Waals surface area contributed by atoms with Crippen molar-refractivity contribution in [1.29, 1.82) is 0 Å². The second-order valence-corrected chi connectivity index (χ2v) is 5.50. The summed E-state index contributed by atoms with van der Waals surface area (Å²) in [5, 5.41) is 29.1. The fraction of sp³-hybridized carbons (Fsp3) is 0.538. The number of aliphatic hydroxyl groups excluding tert-OH is 2. The van der Waals surface area contributed by atoms with Crippen LogP contribution in [0.4, 0.5) is 0 Å². The predicted molar refractivity (Wildman–Crippen MR) is 68.5 cm³/mol. The van der Waals surface area contributed by atoms with E-state index in [-0.39, 0.29) is 17.0 Å². The van der Waals surface area contributed by atoms with E-state index in [9.17, 15) is 15.3 Å². The number of benzene rings is 1. The Kier molecular flexibility index (Phi) is 4.42. The lowest BCUT2D eigenvalue weighted by atomic mass is 9.85. The van der Waals surface area contributed by atoms with Crippen molar-refractivity contribution in [3.8, 4) is 5.75 Å². The number of alkyl halides is 1. The van der Waals surface area contributed by atoms with Crippen LogP contribution in [-0.4, -0.2) is 27.3 Å². The van der Waals surface area contributed by atoms with Gasteiger partial charge in [-0.25, -0.2) is 0 Å². The SMILES string of the molecule is CC(C)(C)c1ccc(O)c(C(O)C(O)CCl)c1. The van der Waals surface area contributed by atoms with Gasteiger partial charge in [0, 0.05) is 5.56 Å². The molecular formula is C13H19ClO3. The van der Waals surface area contributed by atoms with E-state index in [1.54, 1.807) is 12.1 Å². The molecule has 96 valence electrons. The molecule has 0 heterocycles. The van der Waals surface area contributed by atoms with Gasteiger partial charge < -0.3 is 15.3 Å². The molecule has 2 atom stereocenters. The van der Waals surface area contributed by atoms with Gasteiger partial charge in [0.25, 0.3) is 0 Å². The van der Waals surface area contributed by atoms with Crippen molar-refractivity contribution < 1.29 is 15.3 Å². The third-order valence-corrected chi connectivity index (χ3v) is 3.05. The number of hydrogen-bond acceptors (Lipinski definition) is 3. The minimum Gasteiger partial charge on any atom is -0.508 e. The third-order valence-electron chi connectivity index (χ3n) is 2.73. The van der Waals surface area contributed by atoms with Crippen LogP contribution in [-0.2, 0) is 5.41 Å². The number of aromatic hydroxyl groups is 1. The highest BCUT2D eigenvalue weighted by Gasteiger charge is 2.23. The summed E-state index contributed by atoms with van der Waals surface area (Å²) in [5.41, 5.74) is 1.20.